The molecule has 2 atom stereocenters. The second-order valence-electron chi connectivity index (χ2n) is 8.26. The molecule has 5 heteroatoms. The van der Waals surface area contributed by atoms with Gasteiger partial charge in [0.05, 0.1) is 5.92 Å². The third-order valence-electron chi connectivity index (χ3n) is 6.10. The molecular weight excluding hydrogens is 383 g/mol. The lowest BCUT2D eigenvalue weighted by Gasteiger charge is -2.40. The number of piperidine rings is 1. The van der Waals surface area contributed by atoms with E-state index in [-0.39, 0.29) is 17.7 Å². The Balaban J connectivity index is 1.55. The summed E-state index contributed by atoms with van der Waals surface area (Å²) in [5.74, 6) is 2.46. The predicted molar refractivity (Wildman–Crippen MR) is 118 cm³/mol. The maximum absolute atomic E-state index is 13.8. The van der Waals surface area contributed by atoms with Crippen LogP contribution in [0.25, 0.3) is 0 Å². The summed E-state index contributed by atoms with van der Waals surface area (Å²) in [5, 5.41) is 0. The Labute approximate surface area is 177 Å². The normalized spacial score (nSPS) is 23.2. The molecule has 0 radical (unpaired) electrons. The lowest BCUT2D eigenvalue weighted by atomic mass is 9.83. The standard InChI is InChI=1S/C24H29FN2OS/c1-18-13-20(7-8-23(18)25)21-14-22(24(28)27-9-11-29-12-10-27)17-26(16-21)15-19-5-3-2-4-6-19/h2-8,13,21-22H,9-12,14-17H2,1H3. The van der Waals surface area contributed by atoms with Crippen molar-refractivity contribution in [1.82, 2.24) is 9.80 Å². The molecule has 2 aliphatic rings. The van der Waals surface area contributed by atoms with Crippen LogP contribution in [-0.4, -0.2) is 53.4 Å². The Hall–Kier alpha value is -1.85. The van der Waals surface area contributed by atoms with Gasteiger partial charge in [0, 0.05) is 44.2 Å². The number of amides is 1. The minimum Gasteiger partial charge on any atom is -0.341 e. The molecule has 29 heavy (non-hydrogen) atoms. The highest BCUT2D eigenvalue weighted by atomic mass is 32.2. The van der Waals surface area contributed by atoms with Crippen LogP contribution in [0, 0.1) is 18.7 Å². The summed E-state index contributed by atoms with van der Waals surface area (Å²) in [6.45, 7) is 6.08. The summed E-state index contributed by atoms with van der Waals surface area (Å²) < 4.78 is 13.8. The van der Waals surface area contributed by atoms with Crippen molar-refractivity contribution in [3.8, 4) is 0 Å². The Morgan fingerprint density at radius 3 is 2.59 bits per heavy atom. The van der Waals surface area contributed by atoms with Gasteiger partial charge in [-0.05, 0) is 42.0 Å². The first-order chi connectivity index (χ1) is 14.1. The van der Waals surface area contributed by atoms with Crippen molar-refractivity contribution in [2.75, 3.05) is 37.7 Å². The zero-order chi connectivity index (χ0) is 20.2. The van der Waals surface area contributed by atoms with Crippen LogP contribution in [0.4, 0.5) is 4.39 Å². The minimum absolute atomic E-state index is 0.00548. The fraction of sp³-hybridized carbons (Fsp3) is 0.458. The maximum atomic E-state index is 13.8. The number of nitrogens with zero attached hydrogens (tertiary/aromatic N) is 2. The number of hydrogen-bond donors (Lipinski definition) is 0. The molecule has 2 aliphatic heterocycles. The molecule has 0 bridgehead atoms. The third-order valence-corrected chi connectivity index (χ3v) is 7.04. The maximum Gasteiger partial charge on any atom is 0.227 e. The van der Waals surface area contributed by atoms with Crippen LogP contribution in [0.15, 0.2) is 48.5 Å². The largest absolute Gasteiger partial charge is 0.341 e. The molecule has 2 heterocycles. The van der Waals surface area contributed by atoms with E-state index in [4.69, 9.17) is 0 Å². The van der Waals surface area contributed by atoms with E-state index in [1.807, 2.05) is 36.9 Å². The van der Waals surface area contributed by atoms with Crippen molar-refractivity contribution < 1.29 is 9.18 Å². The fourth-order valence-electron chi connectivity index (χ4n) is 4.55. The fourth-order valence-corrected chi connectivity index (χ4v) is 5.45. The van der Waals surface area contributed by atoms with Crippen LogP contribution in [0.3, 0.4) is 0 Å². The molecule has 0 aliphatic carbocycles. The number of hydrogen-bond acceptors (Lipinski definition) is 3. The van der Waals surface area contributed by atoms with E-state index in [0.29, 0.717) is 11.5 Å². The van der Waals surface area contributed by atoms with Gasteiger partial charge in [-0.2, -0.15) is 11.8 Å². The van der Waals surface area contributed by atoms with Crippen molar-refractivity contribution >= 4 is 17.7 Å². The van der Waals surface area contributed by atoms with Crippen molar-refractivity contribution in [3.05, 3.63) is 71.0 Å². The summed E-state index contributed by atoms with van der Waals surface area (Å²) >= 11 is 1.93. The first-order valence-corrected chi connectivity index (χ1v) is 11.6. The highest BCUT2D eigenvalue weighted by molar-refractivity contribution is 7.99. The number of benzene rings is 2. The molecule has 2 aromatic carbocycles. The third kappa shape index (κ3) is 5.01. The number of carbonyl (C=O) groups excluding carboxylic acids is 1. The number of likely N-dealkylation sites (tertiary alicyclic amines) is 1. The van der Waals surface area contributed by atoms with Gasteiger partial charge in [-0.3, -0.25) is 9.69 Å². The number of carbonyl (C=O) groups is 1. The summed E-state index contributed by atoms with van der Waals surface area (Å²) in [5.41, 5.74) is 3.09. The highest BCUT2D eigenvalue weighted by Gasteiger charge is 2.35. The van der Waals surface area contributed by atoms with E-state index in [2.05, 4.69) is 34.1 Å². The van der Waals surface area contributed by atoms with Crippen LogP contribution >= 0.6 is 11.8 Å². The molecule has 0 aromatic heterocycles. The molecule has 0 N–H and O–H groups in total. The average molecular weight is 413 g/mol. The van der Waals surface area contributed by atoms with Gasteiger partial charge >= 0.3 is 0 Å². The molecule has 4 rings (SSSR count). The van der Waals surface area contributed by atoms with Gasteiger partial charge in [-0.25, -0.2) is 4.39 Å². The van der Waals surface area contributed by atoms with Crippen LogP contribution in [0.5, 0.6) is 0 Å². The van der Waals surface area contributed by atoms with Crippen molar-refractivity contribution in [3.63, 3.8) is 0 Å². The van der Waals surface area contributed by atoms with Gasteiger partial charge in [0.15, 0.2) is 0 Å². The smallest absolute Gasteiger partial charge is 0.227 e. The van der Waals surface area contributed by atoms with Crippen LogP contribution < -0.4 is 0 Å². The van der Waals surface area contributed by atoms with Gasteiger partial charge in [0.1, 0.15) is 5.82 Å². The molecule has 2 fully saturated rings. The Bertz CT molecular complexity index is 838. The minimum atomic E-state index is -0.163. The van der Waals surface area contributed by atoms with E-state index in [1.54, 1.807) is 6.07 Å². The molecule has 2 saturated heterocycles. The Kier molecular flexibility index (Phi) is 6.56. The lowest BCUT2D eigenvalue weighted by molar-refractivity contribution is -0.137. The Morgan fingerprint density at radius 2 is 1.86 bits per heavy atom. The van der Waals surface area contributed by atoms with E-state index < -0.39 is 0 Å². The van der Waals surface area contributed by atoms with Gasteiger partial charge in [0.25, 0.3) is 0 Å². The van der Waals surface area contributed by atoms with Gasteiger partial charge in [-0.15, -0.1) is 0 Å². The number of halogens is 1. The van der Waals surface area contributed by atoms with Crippen LogP contribution in [-0.2, 0) is 11.3 Å². The van der Waals surface area contributed by atoms with E-state index in [1.165, 1.54) is 5.56 Å². The molecule has 0 spiro atoms. The second-order valence-corrected chi connectivity index (χ2v) is 9.48. The zero-order valence-corrected chi connectivity index (χ0v) is 17.8. The second kappa shape index (κ2) is 9.31. The molecule has 2 unspecified atom stereocenters. The molecule has 3 nitrogen and oxygen atoms in total. The summed E-state index contributed by atoms with van der Waals surface area (Å²) in [4.78, 5) is 17.7. The van der Waals surface area contributed by atoms with E-state index in [0.717, 1.165) is 56.2 Å². The van der Waals surface area contributed by atoms with E-state index >= 15 is 0 Å². The highest BCUT2D eigenvalue weighted by Crippen LogP contribution is 2.33. The van der Waals surface area contributed by atoms with Crippen molar-refractivity contribution in [2.24, 2.45) is 5.92 Å². The average Bonchev–Trinajstić information content (AvgIpc) is 2.76. The van der Waals surface area contributed by atoms with Crippen molar-refractivity contribution in [1.29, 1.82) is 0 Å². The molecular formula is C24H29FN2OS. The summed E-state index contributed by atoms with van der Waals surface area (Å²) in [6.07, 6.45) is 0.846. The molecule has 0 saturated carbocycles. The summed E-state index contributed by atoms with van der Waals surface area (Å²) in [7, 11) is 0. The quantitative estimate of drug-likeness (QED) is 0.747. The number of aryl methyl sites for hydroxylation is 1. The first-order valence-electron chi connectivity index (χ1n) is 10.5. The molecule has 2 aromatic rings. The summed E-state index contributed by atoms with van der Waals surface area (Å²) in [6, 6.07) is 15.9. The monoisotopic (exact) mass is 412 g/mol. The van der Waals surface area contributed by atoms with Gasteiger partial charge in [-0.1, -0.05) is 42.5 Å². The zero-order valence-electron chi connectivity index (χ0n) is 17.0. The SMILES string of the molecule is Cc1cc(C2CC(C(=O)N3CCSCC3)CN(Cc3ccccc3)C2)ccc1F. The van der Waals surface area contributed by atoms with E-state index in [9.17, 15) is 9.18 Å². The van der Waals surface area contributed by atoms with Crippen molar-refractivity contribution in [2.45, 2.75) is 25.8 Å². The Morgan fingerprint density at radius 1 is 1.10 bits per heavy atom. The number of thioether (sulfide) groups is 1. The lowest BCUT2D eigenvalue weighted by Crippen LogP contribution is -2.48. The van der Waals surface area contributed by atoms with Crippen LogP contribution in [0.1, 0.15) is 29.0 Å². The first kappa shape index (κ1) is 20.4. The van der Waals surface area contributed by atoms with Gasteiger partial charge < -0.3 is 4.90 Å². The predicted octanol–water partition coefficient (Wildman–Crippen LogP) is 4.32. The topological polar surface area (TPSA) is 23.6 Å². The molecule has 1 amide bonds. The number of rotatable bonds is 4. The van der Waals surface area contributed by atoms with Gasteiger partial charge in [0.2, 0.25) is 5.91 Å². The molecule has 154 valence electrons. The van der Waals surface area contributed by atoms with Crippen LogP contribution in [0.2, 0.25) is 0 Å².